The predicted molar refractivity (Wildman–Crippen MR) is 92.4 cm³/mol. The largest absolute Gasteiger partial charge is 0.408 e. The average Bonchev–Trinajstić information content (AvgIpc) is 2.92. The topological polar surface area (TPSA) is 59.4 Å². The minimum Gasteiger partial charge on any atom is -0.378 e. The molecule has 0 bridgehead atoms. The average molecular weight is 370 g/mol. The SMILES string of the molecule is CCCC(=O)Nc1nn(CC(F)(F)F)c2cccc(N3CCOCC3)c12. The first-order valence-corrected chi connectivity index (χ1v) is 8.58. The second-order valence-corrected chi connectivity index (χ2v) is 6.19. The van der Waals surface area contributed by atoms with Crippen LogP contribution in [0, 0.1) is 0 Å². The van der Waals surface area contributed by atoms with E-state index in [0.29, 0.717) is 43.6 Å². The van der Waals surface area contributed by atoms with Crippen molar-refractivity contribution >= 4 is 28.3 Å². The van der Waals surface area contributed by atoms with E-state index in [1.807, 2.05) is 17.9 Å². The smallest absolute Gasteiger partial charge is 0.378 e. The molecule has 9 heteroatoms. The molecule has 3 rings (SSSR count). The van der Waals surface area contributed by atoms with Crippen LogP contribution < -0.4 is 10.2 Å². The van der Waals surface area contributed by atoms with E-state index in [-0.39, 0.29) is 18.1 Å². The van der Waals surface area contributed by atoms with Crippen LogP contribution in [0.1, 0.15) is 19.8 Å². The Balaban J connectivity index is 2.08. The maximum atomic E-state index is 12.9. The summed E-state index contributed by atoms with van der Waals surface area (Å²) in [5.74, 6) is -0.0902. The summed E-state index contributed by atoms with van der Waals surface area (Å²) < 4.78 is 45.1. The lowest BCUT2D eigenvalue weighted by molar-refractivity contribution is -0.141. The zero-order chi connectivity index (χ0) is 18.7. The lowest BCUT2D eigenvalue weighted by Gasteiger charge is -2.29. The van der Waals surface area contributed by atoms with E-state index in [2.05, 4.69) is 10.4 Å². The molecule has 2 heterocycles. The van der Waals surface area contributed by atoms with Crippen molar-refractivity contribution in [3.05, 3.63) is 18.2 Å². The summed E-state index contributed by atoms with van der Waals surface area (Å²) in [6.45, 7) is 3.01. The number of rotatable bonds is 5. The molecule has 0 unspecified atom stereocenters. The number of halogens is 3. The Kier molecular flexibility index (Phi) is 5.36. The molecule has 1 aromatic heterocycles. The van der Waals surface area contributed by atoms with Crippen LogP contribution >= 0.6 is 0 Å². The fraction of sp³-hybridized carbons (Fsp3) is 0.529. The summed E-state index contributed by atoms with van der Waals surface area (Å²) in [6, 6.07) is 5.13. The van der Waals surface area contributed by atoms with E-state index in [1.54, 1.807) is 12.1 Å². The van der Waals surface area contributed by atoms with Gasteiger partial charge in [0.15, 0.2) is 5.82 Å². The Hall–Kier alpha value is -2.29. The molecule has 0 saturated carbocycles. The Bertz CT molecular complexity index is 782. The van der Waals surface area contributed by atoms with Gasteiger partial charge in [0.2, 0.25) is 5.91 Å². The molecule has 0 spiro atoms. The van der Waals surface area contributed by atoms with Gasteiger partial charge in [-0.05, 0) is 18.6 Å². The molecule has 1 aromatic carbocycles. The van der Waals surface area contributed by atoms with Crippen LogP contribution in [0.15, 0.2) is 18.2 Å². The van der Waals surface area contributed by atoms with E-state index in [0.717, 1.165) is 10.4 Å². The zero-order valence-electron chi connectivity index (χ0n) is 14.5. The van der Waals surface area contributed by atoms with Gasteiger partial charge in [-0.25, -0.2) is 0 Å². The van der Waals surface area contributed by atoms with Crippen LogP contribution in [0.5, 0.6) is 0 Å². The van der Waals surface area contributed by atoms with Gasteiger partial charge in [0.05, 0.1) is 29.8 Å². The number of morpholine rings is 1. The molecule has 0 aliphatic carbocycles. The van der Waals surface area contributed by atoms with Crippen LogP contribution in [0.2, 0.25) is 0 Å². The molecule has 6 nitrogen and oxygen atoms in total. The molecule has 0 atom stereocenters. The second kappa shape index (κ2) is 7.53. The third-order valence-corrected chi connectivity index (χ3v) is 4.17. The number of benzene rings is 1. The van der Waals surface area contributed by atoms with Gasteiger partial charge in [0.1, 0.15) is 6.54 Å². The molecule has 1 aliphatic rings. The highest BCUT2D eigenvalue weighted by Crippen LogP contribution is 2.34. The lowest BCUT2D eigenvalue weighted by atomic mass is 10.1. The standard InChI is InChI=1S/C17H21F3N4O2/c1-2-4-14(25)21-16-15-12(23-7-9-26-10-8-23)5-3-6-13(15)24(22-16)11-17(18,19)20/h3,5-6H,2,4,7-11H2,1H3,(H,21,22,25). The summed E-state index contributed by atoms with van der Waals surface area (Å²) >= 11 is 0. The van der Waals surface area contributed by atoms with E-state index in [4.69, 9.17) is 4.74 Å². The molecule has 0 radical (unpaired) electrons. The number of carbonyl (C=O) groups is 1. The molecule has 1 fully saturated rings. The van der Waals surface area contributed by atoms with Crippen LogP contribution in [0.25, 0.3) is 10.9 Å². The normalized spacial score (nSPS) is 15.5. The number of hydrogen-bond acceptors (Lipinski definition) is 4. The Labute approximate surface area is 148 Å². The third-order valence-electron chi connectivity index (χ3n) is 4.17. The number of ether oxygens (including phenoxy) is 1. The number of carbonyl (C=O) groups excluding carboxylic acids is 1. The maximum Gasteiger partial charge on any atom is 0.408 e. The highest BCUT2D eigenvalue weighted by Gasteiger charge is 2.31. The fourth-order valence-corrected chi connectivity index (χ4v) is 3.08. The van der Waals surface area contributed by atoms with Crippen molar-refractivity contribution in [2.75, 3.05) is 36.5 Å². The van der Waals surface area contributed by atoms with Crippen molar-refractivity contribution in [3.63, 3.8) is 0 Å². The van der Waals surface area contributed by atoms with Gasteiger partial charge < -0.3 is 15.0 Å². The Morgan fingerprint density at radius 2 is 2.04 bits per heavy atom. The summed E-state index contributed by atoms with van der Waals surface area (Å²) in [5.41, 5.74) is 1.10. The van der Waals surface area contributed by atoms with E-state index >= 15 is 0 Å². The monoisotopic (exact) mass is 370 g/mol. The number of aromatic nitrogens is 2. The molecule has 26 heavy (non-hydrogen) atoms. The maximum absolute atomic E-state index is 12.9. The van der Waals surface area contributed by atoms with Gasteiger partial charge in [-0.1, -0.05) is 13.0 Å². The molecule has 2 aromatic rings. The Morgan fingerprint density at radius 3 is 2.69 bits per heavy atom. The van der Waals surface area contributed by atoms with E-state index in [1.165, 1.54) is 0 Å². The van der Waals surface area contributed by atoms with Gasteiger partial charge >= 0.3 is 6.18 Å². The van der Waals surface area contributed by atoms with Crippen molar-refractivity contribution in [1.29, 1.82) is 0 Å². The number of fused-ring (bicyclic) bond motifs is 1. The summed E-state index contributed by atoms with van der Waals surface area (Å²) in [5, 5.41) is 7.27. The van der Waals surface area contributed by atoms with Gasteiger partial charge in [-0.3, -0.25) is 9.48 Å². The highest BCUT2D eigenvalue weighted by atomic mass is 19.4. The Morgan fingerprint density at radius 1 is 1.31 bits per heavy atom. The van der Waals surface area contributed by atoms with Crippen LogP contribution in [-0.4, -0.2) is 48.2 Å². The number of anilines is 2. The van der Waals surface area contributed by atoms with Crippen LogP contribution in [0.4, 0.5) is 24.7 Å². The molecule has 1 saturated heterocycles. The van der Waals surface area contributed by atoms with Crippen LogP contribution in [0.3, 0.4) is 0 Å². The van der Waals surface area contributed by atoms with Crippen molar-refractivity contribution in [3.8, 4) is 0 Å². The molecule has 1 amide bonds. The summed E-state index contributed by atoms with van der Waals surface area (Å²) in [4.78, 5) is 14.1. The number of nitrogens with zero attached hydrogens (tertiary/aromatic N) is 3. The van der Waals surface area contributed by atoms with Gasteiger partial charge in [0, 0.05) is 19.5 Å². The second-order valence-electron chi connectivity index (χ2n) is 6.19. The van der Waals surface area contributed by atoms with Gasteiger partial charge in [-0.2, -0.15) is 18.3 Å². The minimum absolute atomic E-state index is 0.171. The first kappa shape index (κ1) is 18.5. The molecular formula is C17H21F3N4O2. The molecule has 142 valence electrons. The highest BCUT2D eigenvalue weighted by molar-refractivity contribution is 6.06. The molecule has 1 N–H and O–H groups in total. The van der Waals surface area contributed by atoms with Gasteiger partial charge in [-0.15, -0.1) is 0 Å². The van der Waals surface area contributed by atoms with Crippen molar-refractivity contribution in [1.82, 2.24) is 9.78 Å². The quantitative estimate of drug-likeness (QED) is 0.878. The van der Waals surface area contributed by atoms with Crippen molar-refractivity contribution in [2.45, 2.75) is 32.5 Å². The zero-order valence-corrected chi connectivity index (χ0v) is 14.5. The predicted octanol–water partition coefficient (Wildman–Crippen LogP) is 3.17. The van der Waals surface area contributed by atoms with Crippen LogP contribution in [-0.2, 0) is 16.1 Å². The van der Waals surface area contributed by atoms with Gasteiger partial charge in [0.25, 0.3) is 0 Å². The lowest BCUT2D eigenvalue weighted by Crippen LogP contribution is -2.36. The fourth-order valence-electron chi connectivity index (χ4n) is 3.08. The first-order chi connectivity index (χ1) is 12.4. The summed E-state index contributed by atoms with van der Waals surface area (Å²) in [6.07, 6.45) is -3.48. The summed E-state index contributed by atoms with van der Waals surface area (Å²) in [7, 11) is 0. The number of amides is 1. The van der Waals surface area contributed by atoms with E-state index < -0.39 is 12.7 Å². The number of hydrogen-bond donors (Lipinski definition) is 1. The van der Waals surface area contributed by atoms with E-state index in [9.17, 15) is 18.0 Å². The molecule has 1 aliphatic heterocycles. The number of nitrogens with one attached hydrogen (secondary N) is 1. The third kappa shape index (κ3) is 4.09. The number of alkyl halides is 3. The molecular weight excluding hydrogens is 349 g/mol. The first-order valence-electron chi connectivity index (χ1n) is 8.58. The van der Waals surface area contributed by atoms with Crippen molar-refractivity contribution < 1.29 is 22.7 Å². The van der Waals surface area contributed by atoms with Crippen molar-refractivity contribution in [2.24, 2.45) is 0 Å². The minimum atomic E-state index is -4.40.